The van der Waals surface area contributed by atoms with Crippen molar-refractivity contribution in [1.29, 1.82) is 0 Å². The zero-order valence-corrected chi connectivity index (χ0v) is 6.39. The number of ether oxygens (including phenoxy) is 1. The van der Waals surface area contributed by atoms with Crippen LogP contribution in [0, 0.1) is 5.92 Å². The number of carbonyl (C=O) groups excluding carboxylic acids is 1. The van der Waals surface area contributed by atoms with E-state index in [0.717, 1.165) is 12.0 Å². The first-order valence-corrected chi connectivity index (χ1v) is 3.58. The predicted molar refractivity (Wildman–Crippen MR) is 38.5 cm³/mol. The zero-order chi connectivity index (χ0) is 7.56. The van der Waals surface area contributed by atoms with Gasteiger partial charge < -0.3 is 4.74 Å². The Morgan fingerprint density at radius 1 is 1.60 bits per heavy atom. The average Bonchev–Trinajstić information content (AvgIpc) is 2.15. The molecule has 1 heterocycles. The second kappa shape index (κ2) is 2.86. The Kier molecular flexibility index (Phi) is 2.10. The lowest BCUT2D eigenvalue weighted by atomic mass is 10.1. The second-order valence-corrected chi connectivity index (χ2v) is 2.82. The summed E-state index contributed by atoms with van der Waals surface area (Å²) in [5.74, 6) is 0.314. The topological polar surface area (TPSA) is 26.3 Å². The molecule has 0 aromatic heterocycles. The van der Waals surface area contributed by atoms with Crippen molar-refractivity contribution in [2.45, 2.75) is 20.3 Å². The number of esters is 1. The van der Waals surface area contributed by atoms with E-state index in [1.54, 1.807) is 0 Å². The molecule has 1 saturated heterocycles. The van der Waals surface area contributed by atoms with Crippen LogP contribution in [0.4, 0.5) is 0 Å². The predicted octanol–water partition coefficient (Wildman–Crippen LogP) is 1.52. The van der Waals surface area contributed by atoms with Crippen LogP contribution < -0.4 is 0 Å². The Morgan fingerprint density at radius 2 is 2.30 bits per heavy atom. The number of hydrogen-bond acceptors (Lipinski definition) is 2. The molecule has 0 N–H and O–H groups in total. The summed E-state index contributed by atoms with van der Waals surface area (Å²) in [6.45, 7) is 4.68. The van der Waals surface area contributed by atoms with Gasteiger partial charge in [-0.2, -0.15) is 0 Å². The molecule has 0 atom stereocenters. The van der Waals surface area contributed by atoms with E-state index in [4.69, 9.17) is 4.74 Å². The van der Waals surface area contributed by atoms with Crippen LogP contribution in [-0.4, -0.2) is 12.6 Å². The largest absolute Gasteiger partial charge is 0.462 e. The van der Waals surface area contributed by atoms with Crippen LogP contribution in [0.25, 0.3) is 0 Å². The number of allylic oxidation sites excluding steroid dienone is 1. The Labute approximate surface area is 60.9 Å². The summed E-state index contributed by atoms with van der Waals surface area (Å²) >= 11 is 0. The first kappa shape index (κ1) is 7.32. The van der Waals surface area contributed by atoms with E-state index in [0.29, 0.717) is 12.5 Å². The van der Waals surface area contributed by atoms with Crippen molar-refractivity contribution in [2.24, 2.45) is 5.92 Å². The van der Waals surface area contributed by atoms with Crippen molar-refractivity contribution < 1.29 is 9.53 Å². The van der Waals surface area contributed by atoms with Gasteiger partial charge in [0.1, 0.15) is 0 Å². The molecule has 1 aliphatic heterocycles. The average molecular weight is 140 g/mol. The molecule has 0 radical (unpaired) electrons. The minimum Gasteiger partial charge on any atom is -0.462 e. The van der Waals surface area contributed by atoms with Gasteiger partial charge in [0.2, 0.25) is 0 Å². The van der Waals surface area contributed by atoms with Crippen LogP contribution in [0.15, 0.2) is 11.6 Å². The molecule has 0 bridgehead atoms. The highest BCUT2D eigenvalue weighted by atomic mass is 16.5. The Balaban J connectivity index is 2.62. The van der Waals surface area contributed by atoms with Crippen LogP contribution in [0.3, 0.4) is 0 Å². The highest BCUT2D eigenvalue weighted by Crippen LogP contribution is 2.14. The van der Waals surface area contributed by atoms with Gasteiger partial charge in [-0.15, -0.1) is 0 Å². The van der Waals surface area contributed by atoms with E-state index < -0.39 is 0 Å². The SMILES string of the molecule is CC(C)/C=C1/CCOC1=O. The highest BCUT2D eigenvalue weighted by molar-refractivity contribution is 5.90. The molecule has 0 aromatic carbocycles. The third kappa shape index (κ3) is 1.59. The minimum absolute atomic E-state index is 0.131. The molecule has 0 amide bonds. The van der Waals surface area contributed by atoms with E-state index in [1.807, 2.05) is 6.08 Å². The summed E-state index contributed by atoms with van der Waals surface area (Å²) in [4.78, 5) is 10.8. The number of carbonyl (C=O) groups is 1. The molecule has 0 unspecified atom stereocenters. The number of hydrogen-bond donors (Lipinski definition) is 0. The minimum atomic E-state index is -0.131. The fraction of sp³-hybridized carbons (Fsp3) is 0.625. The van der Waals surface area contributed by atoms with Gasteiger partial charge in [0.15, 0.2) is 0 Å². The molecular weight excluding hydrogens is 128 g/mol. The maximum absolute atomic E-state index is 10.8. The molecule has 2 heteroatoms. The van der Waals surface area contributed by atoms with E-state index >= 15 is 0 Å². The Morgan fingerprint density at radius 3 is 2.70 bits per heavy atom. The summed E-state index contributed by atoms with van der Waals surface area (Å²) in [5.41, 5.74) is 0.843. The van der Waals surface area contributed by atoms with Crippen molar-refractivity contribution in [3.8, 4) is 0 Å². The van der Waals surface area contributed by atoms with Gasteiger partial charge in [0.25, 0.3) is 0 Å². The third-order valence-corrected chi connectivity index (χ3v) is 1.40. The summed E-state index contributed by atoms with van der Waals surface area (Å²) in [5, 5.41) is 0. The molecule has 0 saturated carbocycles. The molecule has 1 rings (SSSR count). The highest BCUT2D eigenvalue weighted by Gasteiger charge is 2.17. The van der Waals surface area contributed by atoms with Crippen LogP contribution >= 0.6 is 0 Å². The summed E-state index contributed by atoms with van der Waals surface area (Å²) in [6.07, 6.45) is 2.76. The van der Waals surface area contributed by atoms with E-state index in [2.05, 4.69) is 13.8 Å². The summed E-state index contributed by atoms with van der Waals surface area (Å²) in [7, 11) is 0. The lowest BCUT2D eigenvalue weighted by molar-refractivity contribution is -0.135. The molecular formula is C8H12O2. The molecule has 0 spiro atoms. The van der Waals surface area contributed by atoms with Gasteiger partial charge in [-0.1, -0.05) is 19.9 Å². The van der Waals surface area contributed by atoms with Gasteiger partial charge in [-0.05, 0) is 5.92 Å². The number of rotatable bonds is 1. The van der Waals surface area contributed by atoms with E-state index in [-0.39, 0.29) is 5.97 Å². The van der Waals surface area contributed by atoms with Crippen molar-refractivity contribution in [3.05, 3.63) is 11.6 Å². The molecule has 0 aliphatic carbocycles. The maximum atomic E-state index is 10.8. The van der Waals surface area contributed by atoms with Crippen LogP contribution in [0.2, 0.25) is 0 Å². The second-order valence-electron chi connectivity index (χ2n) is 2.82. The third-order valence-electron chi connectivity index (χ3n) is 1.40. The monoisotopic (exact) mass is 140 g/mol. The van der Waals surface area contributed by atoms with E-state index in [1.165, 1.54) is 0 Å². The van der Waals surface area contributed by atoms with Gasteiger partial charge in [0, 0.05) is 12.0 Å². The van der Waals surface area contributed by atoms with Crippen LogP contribution in [0.5, 0.6) is 0 Å². The van der Waals surface area contributed by atoms with Gasteiger partial charge in [0.05, 0.1) is 6.61 Å². The van der Waals surface area contributed by atoms with Gasteiger partial charge >= 0.3 is 5.97 Å². The number of cyclic esters (lactones) is 1. The Hall–Kier alpha value is -0.790. The standard InChI is InChI=1S/C8H12O2/c1-6(2)5-7-3-4-10-8(7)9/h5-6H,3-4H2,1-2H3/b7-5-. The molecule has 10 heavy (non-hydrogen) atoms. The van der Waals surface area contributed by atoms with Gasteiger partial charge in [-0.25, -0.2) is 4.79 Å². The lowest BCUT2D eigenvalue weighted by Gasteiger charge is -1.94. The van der Waals surface area contributed by atoms with Crippen molar-refractivity contribution in [3.63, 3.8) is 0 Å². The molecule has 1 fully saturated rings. The van der Waals surface area contributed by atoms with E-state index in [9.17, 15) is 4.79 Å². The quantitative estimate of drug-likeness (QED) is 0.407. The smallest absolute Gasteiger partial charge is 0.333 e. The first-order chi connectivity index (χ1) is 4.70. The zero-order valence-electron chi connectivity index (χ0n) is 6.39. The lowest BCUT2D eigenvalue weighted by Crippen LogP contribution is -1.96. The molecule has 2 nitrogen and oxygen atoms in total. The maximum Gasteiger partial charge on any atom is 0.333 e. The summed E-state index contributed by atoms with van der Waals surface area (Å²) < 4.78 is 4.76. The Bertz CT molecular complexity index is 168. The molecule has 56 valence electrons. The van der Waals surface area contributed by atoms with Crippen molar-refractivity contribution >= 4 is 5.97 Å². The fourth-order valence-electron chi connectivity index (χ4n) is 1.00. The molecule has 0 aromatic rings. The summed E-state index contributed by atoms with van der Waals surface area (Å²) in [6, 6.07) is 0. The van der Waals surface area contributed by atoms with Crippen LogP contribution in [-0.2, 0) is 9.53 Å². The van der Waals surface area contributed by atoms with Crippen LogP contribution in [0.1, 0.15) is 20.3 Å². The molecule has 1 aliphatic rings. The van der Waals surface area contributed by atoms with Crippen molar-refractivity contribution in [2.75, 3.05) is 6.61 Å². The normalized spacial score (nSPS) is 22.3. The van der Waals surface area contributed by atoms with Crippen molar-refractivity contribution in [1.82, 2.24) is 0 Å². The van der Waals surface area contributed by atoms with Gasteiger partial charge in [-0.3, -0.25) is 0 Å². The first-order valence-electron chi connectivity index (χ1n) is 3.58. The fourth-order valence-corrected chi connectivity index (χ4v) is 1.00.